The number of hydrogen-bond acceptors (Lipinski definition) is 4. The SMILES string of the molecule is COC1CCN(c2ccc(C#N)c(Br)c2F)C(CN)C1. The quantitative estimate of drug-likeness (QED) is 0.916. The maximum absolute atomic E-state index is 14.4. The number of benzene rings is 1. The van der Waals surface area contributed by atoms with Crippen LogP contribution < -0.4 is 10.6 Å². The minimum absolute atomic E-state index is 0.0445. The van der Waals surface area contributed by atoms with Crippen LogP contribution in [0.15, 0.2) is 16.6 Å². The van der Waals surface area contributed by atoms with Gasteiger partial charge in [-0.1, -0.05) is 0 Å². The molecule has 0 amide bonds. The van der Waals surface area contributed by atoms with Crippen LogP contribution in [0.3, 0.4) is 0 Å². The number of rotatable bonds is 3. The molecule has 2 unspecified atom stereocenters. The fourth-order valence-electron chi connectivity index (χ4n) is 2.62. The lowest BCUT2D eigenvalue weighted by molar-refractivity contribution is 0.0708. The van der Waals surface area contributed by atoms with E-state index in [1.807, 2.05) is 11.0 Å². The van der Waals surface area contributed by atoms with Gasteiger partial charge in [-0.3, -0.25) is 0 Å². The number of hydrogen-bond donors (Lipinski definition) is 1. The Labute approximate surface area is 126 Å². The Balaban J connectivity index is 2.32. The van der Waals surface area contributed by atoms with Crippen molar-refractivity contribution in [3.63, 3.8) is 0 Å². The Hall–Kier alpha value is -1.16. The topological polar surface area (TPSA) is 62.3 Å². The molecule has 1 aromatic rings. The van der Waals surface area contributed by atoms with Crippen molar-refractivity contribution < 1.29 is 9.13 Å². The largest absolute Gasteiger partial charge is 0.381 e. The number of nitrogens with zero attached hydrogens (tertiary/aromatic N) is 2. The van der Waals surface area contributed by atoms with E-state index < -0.39 is 5.82 Å². The van der Waals surface area contributed by atoms with Crippen LogP contribution in [0.1, 0.15) is 18.4 Å². The zero-order valence-corrected chi connectivity index (χ0v) is 12.9. The van der Waals surface area contributed by atoms with Gasteiger partial charge in [-0.2, -0.15) is 5.26 Å². The van der Waals surface area contributed by atoms with E-state index in [0.29, 0.717) is 24.3 Å². The van der Waals surface area contributed by atoms with Gasteiger partial charge in [-0.05, 0) is 40.9 Å². The molecule has 1 aromatic carbocycles. The van der Waals surface area contributed by atoms with Crippen molar-refractivity contribution in [2.24, 2.45) is 5.73 Å². The zero-order chi connectivity index (χ0) is 14.7. The molecule has 108 valence electrons. The Bertz CT molecular complexity index is 532. The monoisotopic (exact) mass is 341 g/mol. The van der Waals surface area contributed by atoms with Gasteiger partial charge in [0.1, 0.15) is 6.07 Å². The number of nitriles is 1. The average molecular weight is 342 g/mol. The Morgan fingerprint density at radius 3 is 2.95 bits per heavy atom. The van der Waals surface area contributed by atoms with E-state index >= 15 is 0 Å². The van der Waals surface area contributed by atoms with Crippen molar-refractivity contribution in [1.82, 2.24) is 0 Å². The molecule has 0 spiro atoms. The minimum atomic E-state index is -0.404. The molecule has 0 aromatic heterocycles. The highest BCUT2D eigenvalue weighted by atomic mass is 79.9. The van der Waals surface area contributed by atoms with Gasteiger partial charge in [0.25, 0.3) is 0 Å². The average Bonchev–Trinajstić information content (AvgIpc) is 2.49. The van der Waals surface area contributed by atoms with Crippen LogP contribution in [0.2, 0.25) is 0 Å². The molecule has 1 saturated heterocycles. The van der Waals surface area contributed by atoms with Crippen LogP contribution in [0.5, 0.6) is 0 Å². The van der Waals surface area contributed by atoms with Gasteiger partial charge < -0.3 is 15.4 Å². The number of halogens is 2. The molecule has 1 fully saturated rings. The summed E-state index contributed by atoms with van der Waals surface area (Å²) in [7, 11) is 1.69. The zero-order valence-electron chi connectivity index (χ0n) is 11.3. The third-order valence-electron chi connectivity index (χ3n) is 3.76. The number of methoxy groups -OCH3 is 1. The molecule has 6 heteroatoms. The molecular formula is C14H17BrFN3O. The predicted octanol–water partition coefficient (Wildman–Crippen LogP) is 2.40. The van der Waals surface area contributed by atoms with Gasteiger partial charge in [0.2, 0.25) is 0 Å². The van der Waals surface area contributed by atoms with Crippen molar-refractivity contribution in [3.05, 3.63) is 28.0 Å². The lowest BCUT2D eigenvalue weighted by atomic mass is 9.98. The summed E-state index contributed by atoms with van der Waals surface area (Å²) in [5, 5.41) is 8.91. The lowest BCUT2D eigenvalue weighted by Crippen LogP contribution is -2.49. The maximum atomic E-state index is 14.4. The molecule has 0 aliphatic carbocycles. The number of anilines is 1. The van der Waals surface area contributed by atoms with Crippen molar-refractivity contribution in [2.45, 2.75) is 25.0 Å². The van der Waals surface area contributed by atoms with Crippen LogP contribution in [0, 0.1) is 17.1 Å². The van der Waals surface area contributed by atoms with Crippen LogP contribution >= 0.6 is 15.9 Å². The van der Waals surface area contributed by atoms with E-state index in [4.69, 9.17) is 15.7 Å². The molecule has 2 rings (SSSR count). The molecule has 0 saturated carbocycles. The highest BCUT2D eigenvalue weighted by molar-refractivity contribution is 9.10. The van der Waals surface area contributed by atoms with E-state index in [-0.39, 0.29) is 16.6 Å². The molecule has 2 atom stereocenters. The molecule has 1 aliphatic heterocycles. The molecule has 1 heterocycles. The van der Waals surface area contributed by atoms with Gasteiger partial charge in [0.05, 0.1) is 21.8 Å². The lowest BCUT2D eigenvalue weighted by Gasteiger charge is -2.40. The Morgan fingerprint density at radius 1 is 1.60 bits per heavy atom. The van der Waals surface area contributed by atoms with E-state index in [9.17, 15) is 4.39 Å². The van der Waals surface area contributed by atoms with Gasteiger partial charge in [0.15, 0.2) is 5.82 Å². The van der Waals surface area contributed by atoms with Crippen LogP contribution in [-0.4, -0.2) is 32.3 Å². The first kappa shape index (κ1) is 15.2. The minimum Gasteiger partial charge on any atom is -0.381 e. The Kier molecular flexibility index (Phi) is 4.97. The second-order valence-corrected chi connectivity index (χ2v) is 5.63. The summed E-state index contributed by atoms with van der Waals surface area (Å²) >= 11 is 3.15. The van der Waals surface area contributed by atoms with Crippen LogP contribution in [-0.2, 0) is 4.74 Å². The summed E-state index contributed by atoms with van der Waals surface area (Å²) in [6.45, 7) is 1.13. The summed E-state index contributed by atoms with van der Waals surface area (Å²) in [6, 6.07) is 5.27. The van der Waals surface area contributed by atoms with Crippen molar-refractivity contribution >= 4 is 21.6 Å². The Morgan fingerprint density at radius 2 is 2.35 bits per heavy atom. The molecule has 1 aliphatic rings. The first-order chi connectivity index (χ1) is 9.62. The fraction of sp³-hybridized carbons (Fsp3) is 0.500. The summed E-state index contributed by atoms with van der Waals surface area (Å²) in [6.07, 6.45) is 1.79. The summed E-state index contributed by atoms with van der Waals surface area (Å²) in [4.78, 5) is 1.97. The molecule has 2 N–H and O–H groups in total. The highest BCUT2D eigenvalue weighted by Gasteiger charge is 2.30. The fourth-order valence-corrected chi connectivity index (χ4v) is 3.04. The number of ether oxygens (including phenoxy) is 1. The normalized spacial score (nSPS) is 22.6. The van der Waals surface area contributed by atoms with Crippen molar-refractivity contribution in [2.75, 3.05) is 25.1 Å². The predicted molar refractivity (Wildman–Crippen MR) is 79.0 cm³/mol. The number of nitrogens with two attached hydrogens (primary N) is 1. The highest BCUT2D eigenvalue weighted by Crippen LogP contribution is 2.33. The third-order valence-corrected chi connectivity index (χ3v) is 4.54. The van der Waals surface area contributed by atoms with Crippen LogP contribution in [0.25, 0.3) is 0 Å². The standard InChI is InChI=1S/C14H17BrFN3O/c1-20-11-4-5-19(10(6-11)8-18)12-3-2-9(7-17)13(15)14(12)16/h2-3,10-11H,4-6,8,18H2,1H3. The summed E-state index contributed by atoms with van der Waals surface area (Å²) in [5.74, 6) is -0.404. The molecule has 20 heavy (non-hydrogen) atoms. The first-order valence-corrected chi connectivity index (χ1v) is 7.29. The second-order valence-electron chi connectivity index (χ2n) is 4.84. The smallest absolute Gasteiger partial charge is 0.161 e. The van der Waals surface area contributed by atoms with E-state index in [0.717, 1.165) is 12.8 Å². The van der Waals surface area contributed by atoms with Crippen LogP contribution in [0.4, 0.5) is 10.1 Å². The van der Waals surface area contributed by atoms with Crippen molar-refractivity contribution in [3.8, 4) is 6.07 Å². The van der Waals surface area contributed by atoms with Crippen molar-refractivity contribution in [1.29, 1.82) is 5.26 Å². The molecule has 4 nitrogen and oxygen atoms in total. The first-order valence-electron chi connectivity index (χ1n) is 6.50. The van der Waals surface area contributed by atoms with Gasteiger partial charge in [-0.15, -0.1) is 0 Å². The maximum Gasteiger partial charge on any atom is 0.161 e. The second kappa shape index (κ2) is 6.53. The summed E-state index contributed by atoms with van der Waals surface area (Å²) in [5.41, 5.74) is 6.59. The third kappa shape index (κ3) is 2.80. The van der Waals surface area contributed by atoms with Gasteiger partial charge in [-0.25, -0.2) is 4.39 Å². The van der Waals surface area contributed by atoms with Gasteiger partial charge in [0, 0.05) is 26.2 Å². The van der Waals surface area contributed by atoms with E-state index in [1.54, 1.807) is 19.2 Å². The van der Waals surface area contributed by atoms with E-state index in [1.165, 1.54) is 0 Å². The molecule has 0 radical (unpaired) electrons. The molecular weight excluding hydrogens is 325 g/mol. The number of piperidine rings is 1. The van der Waals surface area contributed by atoms with Gasteiger partial charge >= 0.3 is 0 Å². The summed E-state index contributed by atoms with van der Waals surface area (Å²) < 4.78 is 20.0. The van der Waals surface area contributed by atoms with E-state index in [2.05, 4.69) is 15.9 Å². The molecule has 0 bridgehead atoms.